The second kappa shape index (κ2) is 11.6. The van der Waals surface area contributed by atoms with Gasteiger partial charge in [-0.05, 0) is 82.0 Å². The van der Waals surface area contributed by atoms with Crippen LogP contribution in [-0.2, 0) is 11.4 Å². The molecule has 6 heteroatoms. The van der Waals surface area contributed by atoms with Crippen molar-refractivity contribution in [2.24, 2.45) is 0 Å². The number of ether oxygens (including phenoxy) is 2. The lowest BCUT2D eigenvalue weighted by molar-refractivity contribution is -0.112. The van der Waals surface area contributed by atoms with E-state index in [0.29, 0.717) is 40.4 Å². The molecule has 180 valence electrons. The maximum Gasteiger partial charge on any atom is 0.266 e. The quantitative estimate of drug-likeness (QED) is 0.186. The van der Waals surface area contributed by atoms with E-state index in [9.17, 15) is 10.1 Å². The highest BCUT2D eigenvalue weighted by Gasteiger charge is 2.15. The van der Waals surface area contributed by atoms with Crippen LogP contribution in [0, 0.1) is 18.3 Å². The van der Waals surface area contributed by atoms with Crippen LogP contribution < -0.4 is 14.8 Å². The highest BCUT2D eigenvalue weighted by atomic mass is 79.9. The molecule has 4 aromatic rings. The Bertz CT molecular complexity index is 1470. The van der Waals surface area contributed by atoms with Gasteiger partial charge < -0.3 is 14.8 Å². The first-order chi connectivity index (χ1) is 17.5. The van der Waals surface area contributed by atoms with E-state index in [1.54, 1.807) is 24.3 Å². The van der Waals surface area contributed by atoms with E-state index in [-0.39, 0.29) is 5.57 Å². The molecular formula is C30H25BrN2O3. The maximum atomic E-state index is 12.7. The number of nitriles is 1. The summed E-state index contributed by atoms with van der Waals surface area (Å²) in [6, 6.07) is 27.3. The normalized spacial score (nSPS) is 11.1. The van der Waals surface area contributed by atoms with Gasteiger partial charge in [0, 0.05) is 5.69 Å². The molecule has 4 rings (SSSR count). The molecule has 0 fully saturated rings. The van der Waals surface area contributed by atoms with Gasteiger partial charge >= 0.3 is 0 Å². The van der Waals surface area contributed by atoms with Crippen LogP contribution in [0.2, 0.25) is 0 Å². The van der Waals surface area contributed by atoms with E-state index < -0.39 is 5.91 Å². The first-order valence-corrected chi connectivity index (χ1v) is 12.3. The van der Waals surface area contributed by atoms with Crippen LogP contribution in [-0.4, -0.2) is 12.5 Å². The van der Waals surface area contributed by atoms with E-state index in [4.69, 9.17) is 9.47 Å². The first-order valence-electron chi connectivity index (χ1n) is 11.5. The Labute approximate surface area is 219 Å². The molecule has 0 bridgehead atoms. The SMILES string of the molecule is CCOc1cc(/C=C(/C#N)C(=O)Nc2ccc(C)cc2)cc(Br)c1OCc1cccc2ccccc12. The molecule has 5 nitrogen and oxygen atoms in total. The van der Waals surface area contributed by atoms with E-state index in [1.165, 1.54) is 6.08 Å². The van der Waals surface area contributed by atoms with Crippen molar-refractivity contribution in [2.75, 3.05) is 11.9 Å². The molecule has 1 N–H and O–H groups in total. The molecule has 0 aliphatic heterocycles. The summed E-state index contributed by atoms with van der Waals surface area (Å²) in [6.45, 7) is 4.65. The number of hydrogen-bond acceptors (Lipinski definition) is 4. The third kappa shape index (κ3) is 5.94. The predicted molar refractivity (Wildman–Crippen MR) is 147 cm³/mol. The fourth-order valence-corrected chi connectivity index (χ4v) is 4.37. The number of carbonyl (C=O) groups excluding carboxylic acids is 1. The smallest absolute Gasteiger partial charge is 0.266 e. The van der Waals surface area contributed by atoms with Crippen LogP contribution in [0.5, 0.6) is 11.5 Å². The average molecular weight is 541 g/mol. The molecule has 1 amide bonds. The Balaban J connectivity index is 1.59. The Morgan fingerprint density at radius 2 is 1.78 bits per heavy atom. The second-order valence-electron chi connectivity index (χ2n) is 8.18. The monoisotopic (exact) mass is 540 g/mol. The Morgan fingerprint density at radius 1 is 1.03 bits per heavy atom. The molecule has 0 saturated heterocycles. The number of halogens is 1. The molecule has 0 aromatic heterocycles. The number of benzene rings is 4. The van der Waals surface area contributed by atoms with E-state index in [2.05, 4.69) is 39.4 Å². The Morgan fingerprint density at radius 3 is 2.53 bits per heavy atom. The minimum atomic E-state index is -0.480. The van der Waals surface area contributed by atoms with E-state index in [1.807, 2.05) is 56.3 Å². The van der Waals surface area contributed by atoms with Crippen LogP contribution in [0.25, 0.3) is 16.8 Å². The predicted octanol–water partition coefficient (Wildman–Crippen LogP) is 7.43. The topological polar surface area (TPSA) is 71.3 Å². The zero-order valence-corrected chi connectivity index (χ0v) is 21.6. The lowest BCUT2D eigenvalue weighted by Crippen LogP contribution is -2.13. The minimum absolute atomic E-state index is 0.0191. The second-order valence-corrected chi connectivity index (χ2v) is 9.03. The third-order valence-electron chi connectivity index (χ3n) is 5.57. The zero-order chi connectivity index (χ0) is 25.5. The number of anilines is 1. The van der Waals surface area contributed by atoms with Gasteiger partial charge in [-0.2, -0.15) is 5.26 Å². The number of fused-ring (bicyclic) bond motifs is 1. The van der Waals surface area contributed by atoms with Gasteiger partial charge in [0.25, 0.3) is 5.91 Å². The summed E-state index contributed by atoms with van der Waals surface area (Å²) < 4.78 is 12.7. The van der Waals surface area contributed by atoms with Crippen molar-refractivity contribution in [1.29, 1.82) is 5.26 Å². The van der Waals surface area contributed by atoms with Gasteiger partial charge in [0.1, 0.15) is 18.2 Å². The number of nitrogens with one attached hydrogen (secondary N) is 1. The summed E-state index contributed by atoms with van der Waals surface area (Å²) >= 11 is 3.58. The summed E-state index contributed by atoms with van der Waals surface area (Å²) in [7, 11) is 0. The molecule has 0 saturated carbocycles. The van der Waals surface area contributed by atoms with Gasteiger partial charge in [0.2, 0.25) is 0 Å². The van der Waals surface area contributed by atoms with Crippen molar-refractivity contribution in [1.82, 2.24) is 0 Å². The summed E-state index contributed by atoms with van der Waals surface area (Å²) in [4.78, 5) is 12.7. The van der Waals surface area contributed by atoms with Gasteiger partial charge in [-0.25, -0.2) is 0 Å². The summed E-state index contributed by atoms with van der Waals surface area (Å²) in [5, 5.41) is 14.7. The number of nitrogens with zero attached hydrogens (tertiary/aromatic N) is 1. The molecule has 0 aliphatic carbocycles. The van der Waals surface area contributed by atoms with Gasteiger partial charge in [-0.3, -0.25) is 4.79 Å². The van der Waals surface area contributed by atoms with Crippen LogP contribution in [0.3, 0.4) is 0 Å². The van der Waals surface area contributed by atoms with Crippen molar-refractivity contribution < 1.29 is 14.3 Å². The van der Waals surface area contributed by atoms with Crippen molar-refractivity contribution >= 4 is 44.4 Å². The van der Waals surface area contributed by atoms with E-state index in [0.717, 1.165) is 21.9 Å². The molecule has 36 heavy (non-hydrogen) atoms. The fraction of sp³-hybridized carbons (Fsp3) is 0.133. The van der Waals surface area contributed by atoms with Crippen molar-refractivity contribution in [3.63, 3.8) is 0 Å². The van der Waals surface area contributed by atoms with Crippen molar-refractivity contribution in [2.45, 2.75) is 20.5 Å². The van der Waals surface area contributed by atoms with Crippen LogP contribution >= 0.6 is 15.9 Å². The highest BCUT2D eigenvalue weighted by molar-refractivity contribution is 9.10. The summed E-state index contributed by atoms with van der Waals surface area (Å²) in [5.74, 6) is 0.603. The molecule has 4 aromatic carbocycles. The van der Waals surface area contributed by atoms with Gasteiger partial charge in [0.15, 0.2) is 11.5 Å². The van der Waals surface area contributed by atoms with Gasteiger partial charge in [0.05, 0.1) is 11.1 Å². The Hall–Kier alpha value is -4.08. The van der Waals surface area contributed by atoms with Crippen LogP contribution in [0.1, 0.15) is 23.6 Å². The molecule has 0 spiro atoms. The molecule has 0 unspecified atom stereocenters. The van der Waals surface area contributed by atoms with Crippen molar-refractivity contribution in [3.8, 4) is 17.6 Å². The van der Waals surface area contributed by atoms with Crippen LogP contribution in [0.15, 0.2) is 88.9 Å². The number of aryl methyl sites for hydroxylation is 1. The van der Waals surface area contributed by atoms with Gasteiger partial charge in [-0.15, -0.1) is 0 Å². The summed E-state index contributed by atoms with van der Waals surface area (Å²) in [5.41, 5.74) is 3.39. The Kier molecular flexibility index (Phi) is 8.04. The zero-order valence-electron chi connectivity index (χ0n) is 20.0. The number of amides is 1. The first kappa shape index (κ1) is 25.0. The van der Waals surface area contributed by atoms with Crippen LogP contribution in [0.4, 0.5) is 5.69 Å². The molecule has 0 atom stereocenters. The number of carbonyl (C=O) groups is 1. The highest BCUT2D eigenvalue weighted by Crippen LogP contribution is 2.38. The number of hydrogen-bond donors (Lipinski definition) is 1. The van der Waals surface area contributed by atoms with Gasteiger partial charge in [-0.1, -0.05) is 60.2 Å². The van der Waals surface area contributed by atoms with Crippen molar-refractivity contribution in [3.05, 3.63) is 106 Å². The fourth-order valence-electron chi connectivity index (χ4n) is 3.79. The third-order valence-corrected chi connectivity index (χ3v) is 6.16. The average Bonchev–Trinajstić information content (AvgIpc) is 2.88. The maximum absolute atomic E-state index is 12.7. The lowest BCUT2D eigenvalue weighted by Gasteiger charge is -2.16. The standard InChI is InChI=1S/C30H25BrN2O3/c1-3-35-28-17-21(15-24(18-32)30(34)33-25-13-11-20(2)12-14-25)16-27(31)29(28)36-19-23-9-6-8-22-7-4-5-10-26(22)23/h4-17H,3,19H2,1-2H3,(H,33,34)/b24-15-. The molecule has 0 radical (unpaired) electrons. The number of rotatable bonds is 8. The minimum Gasteiger partial charge on any atom is -0.490 e. The largest absolute Gasteiger partial charge is 0.490 e. The van der Waals surface area contributed by atoms with E-state index >= 15 is 0 Å². The molecule has 0 aliphatic rings. The summed E-state index contributed by atoms with van der Waals surface area (Å²) in [6.07, 6.45) is 1.53. The molecule has 0 heterocycles. The molecular weight excluding hydrogens is 516 g/mol. The lowest BCUT2D eigenvalue weighted by atomic mass is 10.1.